The van der Waals surface area contributed by atoms with Crippen LogP contribution in [0.25, 0.3) is 0 Å². The Morgan fingerprint density at radius 3 is 3.08 bits per heavy atom. The van der Waals surface area contributed by atoms with Crippen LogP contribution in [0.4, 0.5) is 5.69 Å². The van der Waals surface area contributed by atoms with E-state index in [1.54, 1.807) is 12.3 Å². The molecule has 6 heteroatoms. The Labute approximate surface area is 145 Å². The van der Waals surface area contributed by atoms with E-state index in [-0.39, 0.29) is 11.7 Å². The number of Topliss-reactive ketones (excluding diaryl/α,β-unsaturated/α-hetero) is 1. The molecule has 126 valence electrons. The normalized spacial score (nSPS) is 14.0. The number of ketones is 1. The fourth-order valence-corrected chi connectivity index (χ4v) is 3.69. The summed E-state index contributed by atoms with van der Waals surface area (Å²) >= 11 is 1.47. The largest absolute Gasteiger partial charge is 0.326 e. The number of nitrogens with one attached hydrogen (secondary N) is 1. The average molecular weight is 343 g/mol. The van der Waals surface area contributed by atoms with Gasteiger partial charge in [0.1, 0.15) is 0 Å². The number of aryl methyl sites for hydroxylation is 2. The highest BCUT2D eigenvalue weighted by atomic mass is 32.2. The summed E-state index contributed by atoms with van der Waals surface area (Å²) in [7, 11) is 0. The molecule has 24 heavy (non-hydrogen) atoms. The first-order valence-corrected chi connectivity index (χ1v) is 9.26. The summed E-state index contributed by atoms with van der Waals surface area (Å²) in [6.07, 6.45) is 6.93. The summed E-state index contributed by atoms with van der Waals surface area (Å²) in [6.45, 7) is 3.03. The van der Waals surface area contributed by atoms with Crippen LogP contribution in [0, 0.1) is 0 Å². The van der Waals surface area contributed by atoms with Gasteiger partial charge in [0.05, 0.1) is 5.75 Å². The Morgan fingerprint density at radius 2 is 2.25 bits per heavy atom. The summed E-state index contributed by atoms with van der Waals surface area (Å²) < 4.78 is 2.07. The number of fused-ring (bicyclic) bond motifs is 1. The van der Waals surface area contributed by atoms with Crippen molar-refractivity contribution in [2.75, 3.05) is 11.1 Å². The number of amides is 1. The Morgan fingerprint density at radius 1 is 1.38 bits per heavy atom. The maximum absolute atomic E-state index is 12.5. The number of carbonyl (C=O) groups excluding carboxylic acids is 2. The molecule has 0 fully saturated rings. The summed E-state index contributed by atoms with van der Waals surface area (Å²) in [5.41, 5.74) is 2.58. The molecule has 0 unspecified atom stereocenters. The van der Waals surface area contributed by atoms with Crippen LogP contribution in [-0.4, -0.2) is 27.0 Å². The molecule has 0 bridgehead atoms. The zero-order chi connectivity index (χ0) is 16.9. The summed E-state index contributed by atoms with van der Waals surface area (Å²) in [6, 6.07) is 5.56. The van der Waals surface area contributed by atoms with Crippen LogP contribution < -0.4 is 5.32 Å². The predicted octanol–water partition coefficient (Wildman–Crippen LogP) is 3.54. The molecule has 1 aliphatic heterocycles. The van der Waals surface area contributed by atoms with Crippen molar-refractivity contribution in [2.24, 2.45) is 0 Å². The van der Waals surface area contributed by atoms with Gasteiger partial charge >= 0.3 is 0 Å². The highest BCUT2D eigenvalue weighted by Crippen LogP contribution is 2.25. The van der Waals surface area contributed by atoms with Crippen LogP contribution in [-0.2, 0) is 17.8 Å². The van der Waals surface area contributed by atoms with E-state index in [9.17, 15) is 9.59 Å². The van der Waals surface area contributed by atoms with Crippen molar-refractivity contribution in [3.63, 3.8) is 0 Å². The molecular formula is C18H21N3O2S. The molecule has 0 saturated carbocycles. The number of benzene rings is 1. The predicted molar refractivity (Wildman–Crippen MR) is 95.6 cm³/mol. The van der Waals surface area contributed by atoms with Gasteiger partial charge in [-0.05, 0) is 43.0 Å². The highest BCUT2D eigenvalue weighted by molar-refractivity contribution is 7.99. The highest BCUT2D eigenvalue weighted by Gasteiger charge is 2.16. The Bertz CT molecular complexity index is 754. The van der Waals surface area contributed by atoms with Crippen molar-refractivity contribution >= 4 is 29.1 Å². The summed E-state index contributed by atoms with van der Waals surface area (Å²) in [5, 5.41) is 3.78. The van der Waals surface area contributed by atoms with Gasteiger partial charge in [-0.25, -0.2) is 4.98 Å². The Hall–Kier alpha value is -2.08. The molecule has 0 radical (unpaired) electrons. The van der Waals surface area contributed by atoms with E-state index in [1.807, 2.05) is 18.3 Å². The van der Waals surface area contributed by atoms with Crippen LogP contribution >= 0.6 is 11.8 Å². The summed E-state index contributed by atoms with van der Waals surface area (Å²) in [4.78, 5) is 28.4. The maximum Gasteiger partial charge on any atom is 0.224 e. The topological polar surface area (TPSA) is 64.0 Å². The van der Waals surface area contributed by atoms with Gasteiger partial charge in [0, 0.05) is 36.6 Å². The van der Waals surface area contributed by atoms with Crippen molar-refractivity contribution in [3.8, 4) is 0 Å². The zero-order valence-electron chi connectivity index (χ0n) is 13.7. The number of hydrogen-bond donors (Lipinski definition) is 1. The zero-order valence-corrected chi connectivity index (χ0v) is 14.6. The minimum atomic E-state index is 0.0474. The second kappa shape index (κ2) is 7.66. The fraction of sp³-hybridized carbons (Fsp3) is 0.389. The molecule has 2 heterocycles. The van der Waals surface area contributed by atoms with Crippen molar-refractivity contribution in [3.05, 3.63) is 41.7 Å². The van der Waals surface area contributed by atoms with Crippen molar-refractivity contribution < 1.29 is 9.59 Å². The Balaban J connectivity index is 1.68. The second-order valence-corrected chi connectivity index (χ2v) is 6.83. The van der Waals surface area contributed by atoms with Crippen LogP contribution in [0.15, 0.2) is 35.7 Å². The molecule has 1 N–H and O–H groups in total. The molecule has 1 aromatic heterocycles. The first kappa shape index (κ1) is 16.8. The minimum Gasteiger partial charge on any atom is -0.326 e. The average Bonchev–Trinajstić information content (AvgIpc) is 2.92. The van der Waals surface area contributed by atoms with Crippen LogP contribution in [0.3, 0.4) is 0 Å². The van der Waals surface area contributed by atoms with Crippen molar-refractivity contribution in [1.82, 2.24) is 9.55 Å². The smallest absolute Gasteiger partial charge is 0.224 e. The SMILES string of the molecule is CCCn1ccnc1SCC(=O)c1ccc2c(c1)CCCC(=O)N2. The van der Waals surface area contributed by atoms with Crippen LogP contribution in [0.2, 0.25) is 0 Å². The van der Waals surface area contributed by atoms with E-state index < -0.39 is 0 Å². The number of imidazole rings is 1. The van der Waals surface area contributed by atoms with Crippen molar-refractivity contribution in [1.29, 1.82) is 0 Å². The third-order valence-corrected chi connectivity index (χ3v) is 5.03. The molecule has 3 rings (SSSR count). The lowest BCUT2D eigenvalue weighted by molar-refractivity contribution is -0.116. The maximum atomic E-state index is 12.5. The molecule has 1 amide bonds. The number of rotatable bonds is 6. The third-order valence-electron chi connectivity index (χ3n) is 4.03. The third kappa shape index (κ3) is 3.87. The standard InChI is InChI=1S/C18H21N3O2S/c1-2-9-21-10-8-19-18(21)24-12-16(22)14-6-7-15-13(11-14)4-3-5-17(23)20-15/h6-8,10-11H,2-5,9,12H2,1H3,(H,20,23). The van der Waals surface area contributed by atoms with E-state index in [1.165, 1.54) is 11.8 Å². The number of thioether (sulfide) groups is 1. The first-order valence-electron chi connectivity index (χ1n) is 8.27. The van der Waals surface area contributed by atoms with E-state index in [0.717, 1.165) is 42.2 Å². The number of nitrogens with zero attached hydrogens (tertiary/aromatic N) is 2. The lowest BCUT2D eigenvalue weighted by Gasteiger charge is -2.09. The lowest BCUT2D eigenvalue weighted by Crippen LogP contribution is -2.10. The number of aromatic nitrogens is 2. The van der Waals surface area contributed by atoms with Gasteiger partial charge in [0.15, 0.2) is 10.9 Å². The van der Waals surface area contributed by atoms with Gasteiger partial charge < -0.3 is 9.88 Å². The number of carbonyl (C=O) groups is 2. The van der Waals surface area contributed by atoms with Crippen LogP contribution in [0.5, 0.6) is 0 Å². The Kier molecular flexibility index (Phi) is 5.35. The molecule has 2 aromatic rings. The molecular weight excluding hydrogens is 322 g/mol. The van der Waals surface area contributed by atoms with E-state index >= 15 is 0 Å². The number of hydrogen-bond acceptors (Lipinski definition) is 4. The molecule has 0 atom stereocenters. The lowest BCUT2D eigenvalue weighted by atomic mass is 10.0. The molecule has 1 aromatic carbocycles. The van der Waals surface area contributed by atoms with E-state index in [0.29, 0.717) is 17.7 Å². The molecule has 1 aliphatic rings. The second-order valence-electron chi connectivity index (χ2n) is 5.89. The quantitative estimate of drug-likeness (QED) is 0.643. The van der Waals surface area contributed by atoms with Gasteiger partial charge in [0.25, 0.3) is 0 Å². The van der Waals surface area contributed by atoms with Gasteiger partial charge in [-0.15, -0.1) is 0 Å². The fourth-order valence-electron chi connectivity index (χ4n) is 2.81. The molecule has 5 nitrogen and oxygen atoms in total. The number of anilines is 1. The molecule has 0 saturated heterocycles. The van der Waals surface area contributed by atoms with E-state index in [2.05, 4.69) is 21.8 Å². The van der Waals surface area contributed by atoms with E-state index in [4.69, 9.17) is 0 Å². The van der Waals surface area contributed by atoms with Gasteiger partial charge in [-0.2, -0.15) is 0 Å². The van der Waals surface area contributed by atoms with Gasteiger partial charge in [0.2, 0.25) is 5.91 Å². The van der Waals surface area contributed by atoms with Crippen molar-refractivity contribution in [2.45, 2.75) is 44.3 Å². The molecule has 0 spiro atoms. The molecule has 0 aliphatic carbocycles. The summed E-state index contributed by atoms with van der Waals surface area (Å²) in [5.74, 6) is 0.502. The van der Waals surface area contributed by atoms with Crippen LogP contribution in [0.1, 0.15) is 42.1 Å². The van der Waals surface area contributed by atoms with Gasteiger partial charge in [-0.3, -0.25) is 9.59 Å². The first-order chi connectivity index (χ1) is 11.7. The minimum absolute atomic E-state index is 0.0474. The van der Waals surface area contributed by atoms with Gasteiger partial charge in [-0.1, -0.05) is 18.7 Å². The monoisotopic (exact) mass is 343 g/mol.